The summed E-state index contributed by atoms with van der Waals surface area (Å²) >= 11 is 0. The zero-order valence-electron chi connectivity index (χ0n) is 18.9. The van der Waals surface area contributed by atoms with Crippen LogP contribution in [0, 0.1) is 6.92 Å². The lowest BCUT2D eigenvalue weighted by Gasteiger charge is -2.31. The number of pyridine rings is 1. The molecule has 0 spiro atoms. The van der Waals surface area contributed by atoms with E-state index in [1.165, 1.54) is 0 Å². The number of likely N-dealkylation sites (tertiary alicyclic amines) is 1. The molecule has 1 saturated heterocycles. The molecule has 1 aliphatic rings. The molecule has 170 valence electrons. The number of amides is 1. The molecule has 0 N–H and O–H groups in total. The first-order valence-electron chi connectivity index (χ1n) is 11.0. The number of rotatable bonds is 5. The van der Waals surface area contributed by atoms with Crippen LogP contribution in [0.3, 0.4) is 0 Å². The van der Waals surface area contributed by atoms with Gasteiger partial charge in [0.2, 0.25) is 0 Å². The third kappa shape index (κ3) is 3.82. The molecule has 3 aromatic heterocycles. The number of hydrogen-bond donors (Lipinski definition) is 0. The highest BCUT2D eigenvalue weighted by atomic mass is 16.5. The molecular weight excluding hydrogens is 420 g/mol. The molecule has 0 bridgehead atoms. The minimum atomic E-state index is 0.00196. The largest absolute Gasteiger partial charge is 0.493 e. The van der Waals surface area contributed by atoms with Crippen LogP contribution in [0.15, 0.2) is 53.3 Å². The number of aryl methyl sites for hydroxylation is 1. The van der Waals surface area contributed by atoms with E-state index in [1.54, 1.807) is 31.1 Å². The van der Waals surface area contributed by atoms with Crippen molar-refractivity contribution < 1.29 is 18.7 Å². The van der Waals surface area contributed by atoms with Crippen molar-refractivity contribution in [3.05, 3.63) is 66.0 Å². The summed E-state index contributed by atoms with van der Waals surface area (Å²) in [7, 11) is 3.26. The fourth-order valence-corrected chi connectivity index (χ4v) is 4.50. The van der Waals surface area contributed by atoms with Gasteiger partial charge in [0.25, 0.3) is 5.91 Å². The zero-order valence-corrected chi connectivity index (χ0v) is 18.9. The van der Waals surface area contributed by atoms with Gasteiger partial charge in [0.1, 0.15) is 5.76 Å². The van der Waals surface area contributed by atoms with E-state index in [1.807, 2.05) is 48.4 Å². The number of carbonyl (C=O) groups excluding carboxylic acids is 1. The second kappa shape index (κ2) is 8.61. The molecule has 1 aromatic carbocycles. The van der Waals surface area contributed by atoms with Crippen LogP contribution >= 0.6 is 0 Å². The van der Waals surface area contributed by atoms with E-state index in [0.29, 0.717) is 29.4 Å². The molecule has 1 atom stereocenters. The quantitative estimate of drug-likeness (QED) is 0.454. The number of methoxy groups -OCH3 is 2. The van der Waals surface area contributed by atoms with E-state index in [4.69, 9.17) is 24.0 Å². The van der Waals surface area contributed by atoms with Gasteiger partial charge in [-0.25, -0.2) is 9.50 Å². The number of ether oxygens (including phenoxy) is 2. The fraction of sp³-hybridized carbons (Fsp3) is 0.320. The monoisotopic (exact) mass is 446 g/mol. The Labute approximate surface area is 191 Å². The molecule has 5 rings (SSSR count). The van der Waals surface area contributed by atoms with Crippen LogP contribution in [0.25, 0.3) is 16.8 Å². The zero-order chi connectivity index (χ0) is 22.9. The average Bonchev–Trinajstić information content (AvgIpc) is 3.48. The average molecular weight is 447 g/mol. The predicted octanol–water partition coefficient (Wildman–Crippen LogP) is 4.33. The van der Waals surface area contributed by atoms with Crippen molar-refractivity contribution >= 4 is 11.6 Å². The van der Waals surface area contributed by atoms with Crippen molar-refractivity contribution in [3.8, 4) is 22.6 Å². The van der Waals surface area contributed by atoms with Crippen molar-refractivity contribution in [1.29, 1.82) is 0 Å². The van der Waals surface area contributed by atoms with Gasteiger partial charge in [0.15, 0.2) is 23.0 Å². The van der Waals surface area contributed by atoms with Crippen molar-refractivity contribution in [2.45, 2.75) is 25.7 Å². The van der Waals surface area contributed by atoms with Gasteiger partial charge in [-0.15, -0.1) is 0 Å². The highest BCUT2D eigenvalue weighted by Gasteiger charge is 2.29. The van der Waals surface area contributed by atoms with Gasteiger partial charge in [-0.1, -0.05) is 12.1 Å². The molecule has 1 aliphatic heterocycles. The van der Waals surface area contributed by atoms with Gasteiger partial charge in [-0.3, -0.25) is 4.79 Å². The Balaban J connectivity index is 1.42. The molecule has 0 radical (unpaired) electrons. The molecule has 33 heavy (non-hydrogen) atoms. The number of furan rings is 1. The molecule has 0 unspecified atom stereocenters. The van der Waals surface area contributed by atoms with Crippen LogP contribution in [0.1, 0.15) is 40.7 Å². The molecule has 4 heterocycles. The van der Waals surface area contributed by atoms with E-state index in [2.05, 4.69) is 0 Å². The Hall–Kier alpha value is -3.81. The molecule has 8 heteroatoms. The van der Waals surface area contributed by atoms with Crippen LogP contribution in [-0.2, 0) is 0 Å². The summed E-state index contributed by atoms with van der Waals surface area (Å²) in [6, 6.07) is 11.5. The lowest BCUT2D eigenvalue weighted by atomic mass is 9.97. The summed E-state index contributed by atoms with van der Waals surface area (Å²) < 4.78 is 18.1. The first kappa shape index (κ1) is 21.1. The van der Waals surface area contributed by atoms with E-state index in [-0.39, 0.29) is 11.8 Å². The second-order valence-corrected chi connectivity index (χ2v) is 8.21. The lowest BCUT2D eigenvalue weighted by Crippen LogP contribution is -2.39. The molecule has 0 saturated carbocycles. The number of carbonyl (C=O) groups is 1. The maximum absolute atomic E-state index is 12.9. The van der Waals surface area contributed by atoms with Gasteiger partial charge in [0, 0.05) is 36.3 Å². The Morgan fingerprint density at radius 1 is 1.15 bits per heavy atom. The van der Waals surface area contributed by atoms with Crippen molar-refractivity contribution in [1.82, 2.24) is 19.5 Å². The fourth-order valence-electron chi connectivity index (χ4n) is 4.50. The minimum Gasteiger partial charge on any atom is -0.493 e. The van der Waals surface area contributed by atoms with Crippen LogP contribution in [0.4, 0.5) is 0 Å². The van der Waals surface area contributed by atoms with Crippen molar-refractivity contribution in [3.63, 3.8) is 0 Å². The summed E-state index contributed by atoms with van der Waals surface area (Å²) in [5.74, 6) is 2.84. The number of benzene rings is 1. The summed E-state index contributed by atoms with van der Waals surface area (Å²) in [5, 5.41) is 4.77. The van der Waals surface area contributed by atoms with Gasteiger partial charge < -0.3 is 18.8 Å². The molecule has 1 fully saturated rings. The van der Waals surface area contributed by atoms with Crippen LogP contribution in [0.5, 0.6) is 11.5 Å². The lowest BCUT2D eigenvalue weighted by molar-refractivity contribution is 0.0703. The Morgan fingerprint density at radius 2 is 2.03 bits per heavy atom. The molecule has 1 amide bonds. The number of fused-ring (bicyclic) bond motifs is 1. The summed E-state index contributed by atoms with van der Waals surface area (Å²) in [4.78, 5) is 19.6. The first-order valence-corrected chi connectivity index (χ1v) is 11.0. The number of nitrogens with zero attached hydrogens (tertiary/aromatic N) is 4. The Morgan fingerprint density at radius 3 is 2.79 bits per heavy atom. The second-order valence-electron chi connectivity index (χ2n) is 8.21. The van der Waals surface area contributed by atoms with Gasteiger partial charge in [-0.2, -0.15) is 5.10 Å². The maximum Gasteiger partial charge on any atom is 0.257 e. The van der Waals surface area contributed by atoms with E-state index >= 15 is 0 Å². The molecule has 0 aliphatic carbocycles. The smallest absolute Gasteiger partial charge is 0.257 e. The van der Waals surface area contributed by atoms with E-state index in [9.17, 15) is 4.79 Å². The number of hydrogen-bond acceptors (Lipinski definition) is 6. The summed E-state index contributed by atoms with van der Waals surface area (Å²) in [6.45, 7) is 3.14. The third-order valence-electron chi connectivity index (χ3n) is 6.22. The van der Waals surface area contributed by atoms with Crippen LogP contribution in [0.2, 0.25) is 0 Å². The highest BCUT2D eigenvalue weighted by molar-refractivity contribution is 5.95. The standard InChI is InChI=1S/C25H26N4O4/c1-16-19(11-13-33-16)25(30)28-12-5-6-18(14-28)24-26-22-10-9-17(15-29(22)27-24)20-7-4-8-21(31-2)23(20)32-3/h4,7-11,13,15,18H,5-6,12,14H2,1-3H3/t18-/m0/s1. The van der Waals surface area contributed by atoms with Crippen LogP contribution in [-0.4, -0.2) is 52.7 Å². The number of piperidine rings is 1. The number of aromatic nitrogens is 3. The SMILES string of the molecule is COc1cccc(-c2ccc3nc([C@H]4CCCN(C(=O)c5ccoc5C)C4)nn3c2)c1OC. The summed E-state index contributed by atoms with van der Waals surface area (Å²) in [5.41, 5.74) is 3.26. The van der Waals surface area contributed by atoms with E-state index < -0.39 is 0 Å². The Bertz CT molecular complexity index is 1310. The van der Waals surface area contributed by atoms with Gasteiger partial charge in [0.05, 0.1) is 26.0 Å². The van der Waals surface area contributed by atoms with Crippen molar-refractivity contribution in [2.75, 3.05) is 27.3 Å². The van der Waals surface area contributed by atoms with Crippen LogP contribution < -0.4 is 9.47 Å². The Kier molecular flexibility index (Phi) is 5.50. The molecule has 4 aromatic rings. The minimum absolute atomic E-state index is 0.00196. The molecular formula is C25H26N4O4. The third-order valence-corrected chi connectivity index (χ3v) is 6.22. The van der Waals surface area contributed by atoms with E-state index in [0.717, 1.165) is 42.0 Å². The van der Waals surface area contributed by atoms with Gasteiger partial charge in [-0.05, 0) is 44.0 Å². The number of para-hydroxylation sites is 1. The van der Waals surface area contributed by atoms with Gasteiger partial charge >= 0.3 is 0 Å². The highest BCUT2D eigenvalue weighted by Crippen LogP contribution is 2.38. The summed E-state index contributed by atoms with van der Waals surface area (Å²) in [6.07, 6.45) is 5.36. The van der Waals surface area contributed by atoms with Crippen molar-refractivity contribution in [2.24, 2.45) is 0 Å². The maximum atomic E-state index is 12.9. The normalized spacial score (nSPS) is 16.2. The molecule has 8 nitrogen and oxygen atoms in total. The topological polar surface area (TPSA) is 82.1 Å². The first-order chi connectivity index (χ1) is 16.1. The predicted molar refractivity (Wildman–Crippen MR) is 123 cm³/mol.